The largest absolute Gasteiger partial charge is 0.489 e. The first kappa shape index (κ1) is 27.2. The van der Waals surface area contributed by atoms with Crippen LogP contribution in [0.5, 0.6) is 5.75 Å². The van der Waals surface area contributed by atoms with Gasteiger partial charge in [-0.05, 0) is 81.5 Å². The SMILES string of the molecule is CCOCC1(c2cc(OC(C)C)c(Nc3ncc(Cl)c(Nc4ccc(CB(O)O)cc4)n3)cc2C)CC1. The molecule has 3 aromatic rings. The molecule has 1 aromatic heterocycles. The molecule has 4 rings (SSSR count). The van der Waals surface area contributed by atoms with Crippen molar-refractivity contribution in [3.8, 4) is 5.75 Å². The highest BCUT2D eigenvalue weighted by molar-refractivity contribution is 6.40. The molecule has 4 N–H and O–H groups in total. The van der Waals surface area contributed by atoms with E-state index < -0.39 is 7.12 Å². The van der Waals surface area contributed by atoms with Gasteiger partial charge in [-0.15, -0.1) is 0 Å². The summed E-state index contributed by atoms with van der Waals surface area (Å²) >= 11 is 6.38. The molecule has 0 radical (unpaired) electrons. The van der Waals surface area contributed by atoms with Gasteiger partial charge in [0.05, 0.1) is 24.6 Å². The summed E-state index contributed by atoms with van der Waals surface area (Å²) in [4.78, 5) is 8.96. The number of ether oxygens (including phenoxy) is 2. The molecule has 0 unspecified atom stereocenters. The first-order valence-electron chi connectivity index (χ1n) is 12.6. The van der Waals surface area contributed by atoms with Crippen LogP contribution in [0.25, 0.3) is 0 Å². The van der Waals surface area contributed by atoms with Crippen LogP contribution in [0.1, 0.15) is 50.3 Å². The zero-order chi connectivity index (χ0) is 26.6. The molecule has 1 aliphatic carbocycles. The Hall–Kier alpha value is -2.85. The lowest BCUT2D eigenvalue weighted by atomic mass is 9.82. The lowest BCUT2D eigenvalue weighted by Gasteiger charge is -2.23. The van der Waals surface area contributed by atoms with Crippen molar-refractivity contribution in [2.75, 3.05) is 23.8 Å². The van der Waals surface area contributed by atoms with Crippen molar-refractivity contribution >= 4 is 41.9 Å². The summed E-state index contributed by atoms with van der Waals surface area (Å²) < 4.78 is 12.0. The van der Waals surface area contributed by atoms with E-state index in [-0.39, 0.29) is 17.8 Å². The smallest absolute Gasteiger partial charge is 0.456 e. The molecule has 0 aliphatic heterocycles. The minimum Gasteiger partial charge on any atom is -0.489 e. The molecule has 37 heavy (non-hydrogen) atoms. The van der Waals surface area contributed by atoms with Gasteiger partial charge in [-0.1, -0.05) is 23.7 Å². The predicted octanol–water partition coefficient (Wildman–Crippen LogP) is 5.34. The molecular weight excluding hydrogens is 491 g/mol. The Kier molecular flexibility index (Phi) is 8.59. The molecular formula is C27H34BClN4O4. The zero-order valence-electron chi connectivity index (χ0n) is 21.7. The van der Waals surface area contributed by atoms with Crippen LogP contribution in [-0.2, 0) is 16.5 Å². The van der Waals surface area contributed by atoms with Crippen LogP contribution in [0.15, 0.2) is 42.6 Å². The number of nitrogens with one attached hydrogen (secondary N) is 2. The van der Waals surface area contributed by atoms with E-state index in [1.54, 1.807) is 6.20 Å². The summed E-state index contributed by atoms with van der Waals surface area (Å²) in [5.41, 5.74) is 4.84. The van der Waals surface area contributed by atoms with Crippen LogP contribution in [-0.4, -0.2) is 46.5 Å². The maximum absolute atomic E-state index is 9.16. The number of benzene rings is 2. The van der Waals surface area contributed by atoms with E-state index in [9.17, 15) is 0 Å². The van der Waals surface area contributed by atoms with Crippen LogP contribution in [0, 0.1) is 6.92 Å². The summed E-state index contributed by atoms with van der Waals surface area (Å²) in [6.07, 6.45) is 3.92. The Morgan fingerprint density at radius 1 is 1.14 bits per heavy atom. The van der Waals surface area contributed by atoms with E-state index in [0.717, 1.165) is 47.7 Å². The second-order valence-electron chi connectivity index (χ2n) is 9.77. The van der Waals surface area contributed by atoms with Gasteiger partial charge >= 0.3 is 7.12 Å². The molecule has 196 valence electrons. The number of hydrogen-bond acceptors (Lipinski definition) is 8. The zero-order valence-corrected chi connectivity index (χ0v) is 22.5. The summed E-state index contributed by atoms with van der Waals surface area (Å²) in [5.74, 6) is 1.57. The second kappa shape index (κ2) is 11.7. The summed E-state index contributed by atoms with van der Waals surface area (Å²) in [6, 6.07) is 11.5. The van der Waals surface area contributed by atoms with Gasteiger partial charge in [0.1, 0.15) is 10.8 Å². The summed E-state index contributed by atoms with van der Waals surface area (Å²) in [7, 11) is -1.38. The normalized spacial score (nSPS) is 13.9. The number of halogens is 1. The van der Waals surface area contributed by atoms with Crippen molar-refractivity contribution in [2.24, 2.45) is 0 Å². The van der Waals surface area contributed by atoms with Gasteiger partial charge in [-0.2, -0.15) is 4.98 Å². The van der Waals surface area contributed by atoms with E-state index in [2.05, 4.69) is 39.7 Å². The number of nitrogens with zero attached hydrogens (tertiary/aromatic N) is 2. The van der Waals surface area contributed by atoms with Gasteiger partial charge in [0, 0.05) is 24.0 Å². The van der Waals surface area contributed by atoms with Gasteiger partial charge in [-0.25, -0.2) is 4.98 Å². The van der Waals surface area contributed by atoms with Gasteiger partial charge in [0.25, 0.3) is 0 Å². The van der Waals surface area contributed by atoms with Crippen LogP contribution >= 0.6 is 11.6 Å². The molecule has 2 aromatic carbocycles. The highest BCUT2D eigenvalue weighted by atomic mass is 35.5. The number of aryl methyl sites for hydroxylation is 1. The molecule has 0 bridgehead atoms. The Bertz CT molecular complexity index is 1220. The lowest BCUT2D eigenvalue weighted by Crippen LogP contribution is -2.18. The van der Waals surface area contributed by atoms with Crippen LogP contribution < -0.4 is 15.4 Å². The highest BCUT2D eigenvalue weighted by Gasteiger charge is 2.45. The van der Waals surface area contributed by atoms with Crippen LogP contribution in [0.2, 0.25) is 5.02 Å². The first-order chi connectivity index (χ1) is 17.7. The van der Waals surface area contributed by atoms with Gasteiger partial charge in [-0.3, -0.25) is 0 Å². The topological polar surface area (TPSA) is 109 Å². The van der Waals surface area contributed by atoms with E-state index in [1.807, 2.05) is 45.0 Å². The Labute approximate surface area is 223 Å². The van der Waals surface area contributed by atoms with E-state index in [1.165, 1.54) is 5.56 Å². The molecule has 1 aliphatic rings. The minimum atomic E-state index is -1.38. The molecule has 10 heteroatoms. The molecule has 0 spiro atoms. The average Bonchev–Trinajstić information content (AvgIpc) is 3.63. The lowest BCUT2D eigenvalue weighted by molar-refractivity contribution is 0.125. The number of hydrogen-bond donors (Lipinski definition) is 4. The second-order valence-corrected chi connectivity index (χ2v) is 10.2. The summed E-state index contributed by atoms with van der Waals surface area (Å²) in [6.45, 7) is 9.57. The first-order valence-corrected chi connectivity index (χ1v) is 13.0. The number of anilines is 4. The molecule has 0 saturated heterocycles. The minimum absolute atomic E-state index is 0.00330. The van der Waals surface area contributed by atoms with Crippen molar-refractivity contribution in [2.45, 2.75) is 58.4 Å². The third-order valence-corrected chi connectivity index (χ3v) is 6.60. The fraction of sp³-hybridized carbons (Fsp3) is 0.407. The van der Waals surface area contributed by atoms with E-state index in [4.69, 9.17) is 31.1 Å². The molecule has 1 saturated carbocycles. The van der Waals surface area contributed by atoms with Crippen molar-refractivity contribution in [1.82, 2.24) is 9.97 Å². The Balaban J connectivity index is 1.58. The quantitative estimate of drug-likeness (QED) is 0.235. The van der Waals surface area contributed by atoms with Crippen molar-refractivity contribution in [1.29, 1.82) is 0 Å². The molecule has 1 heterocycles. The van der Waals surface area contributed by atoms with Crippen molar-refractivity contribution in [3.63, 3.8) is 0 Å². The summed E-state index contributed by atoms with van der Waals surface area (Å²) in [5, 5.41) is 25.2. The Morgan fingerprint density at radius 2 is 1.86 bits per heavy atom. The third-order valence-electron chi connectivity index (χ3n) is 6.32. The van der Waals surface area contributed by atoms with E-state index in [0.29, 0.717) is 23.4 Å². The highest BCUT2D eigenvalue weighted by Crippen LogP contribution is 2.51. The molecule has 8 nitrogen and oxygen atoms in total. The van der Waals surface area contributed by atoms with Crippen molar-refractivity contribution in [3.05, 3.63) is 64.3 Å². The van der Waals surface area contributed by atoms with Crippen molar-refractivity contribution < 1.29 is 19.5 Å². The monoisotopic (exact) mass is 524 g/mol. The molecule has 1 fully saturated rings. The van der Waals surface area contributed by atoms with Gasteiger partial charge in [0.15, 0.2) is 5.82 Å². The number of aromatic nitrogens is 2. The van der Waals surface area contributed by atoms with Gasteiger partial charge in [0.2, 0.25) is 5.95 Å². The van der Waals surface area contributed by atoms with Gasteiger partial charge < -0.3 is 30.2 Å². The fourth-order valence-corrected chi connectivity index (χ4v) is 4.49. The van der Waals surface area contributed by atoms with Crippen LogP contribution in [0.4, 0.5) is 23.1 Å². The van der Waals surface area contributed by atoms with E-state index >= 15 is 0 Å². The average molecular weight is 525 g/mol. The maximum atomic E-state index is 9.16. The maximum Gasteiger partial charge on any atom is 0.456 e. The predicted molar refractivity (Wildman–Crippen MR) is 148 cm³/mol. The molecule has 0 atom stereocenters. The fourth-order valence-electron chi connectivity index (χ4n) is 4.36. The molecule has 0 amide bonds. The third kappa shape index (κ3) is 6.93. The number of rotatable bonds is 12. The standard InChI is InChI=1S/C27H34BClN4O4/c1-5-36-16-27(10-11-27)21-13-24(37-17(2)3)23(12-18(21)4)32-26-30-15-22(29)25(33-26)31-20-8-6-19(7-9-20)14-28(34)35/h6-9,12-13,15,17,34-35H,5,10-11,14,16H2,1-4H3,(H2,30,31,32,33). The Morgan fingerprint density at radius 3 is 2.49 bits per heavy atom. The van der Waals surface area contributed by atoms with Crippen LogP contribution in [0.3, 0.4) is 0 Å².